The van der Waals surface area contributed by atoms with Crippen LogP contribution in [-0.2, 0) is 20.8 Å². The standard InChI is InChI=1S/C17H24N2O3S/c20-17(19-3-6-21-7-4-19)15-10-18(9-13-2-8-23-12-13)11-16-14(15)1-5-22-16/h2,8,12,14-16H,1,3-7,9-11H2/t14-,15-,16+/m0/s1. The number of carbonyl (C=O) groups excluding carboxylic acids is 1. The molecule has 4 rings (SSSR count). The molecule has 1 aromatic rings. The zero-order chi connectivity index (χ0) is 15.6. The van der Waals surface area contributed by atoms with Crippen molar-refractivity contribution < 1.29 is 14.3 Å². The van der Waals surface area contributed by atoms with Gasteiger partial charge in [-0.3, -0.25) is 9.69 Å². The Balaban J connectivity index is 1.47. The number of amides is 1. The molecule has 0 radical (unpaired) electrons. The van der Waals surface area contributed by atoms with E-state index in [9.17, 15) is 4.79 Å². The van der Waals surface area contributed by atoms with Crippen LogP contribution < -0.4 is 0 Å². The van der Waals surface area contributed by atoms with E-state index in [0.29, 0.717) is 25.0 Å². The first-order valence-electron chi connectivity index (χ1n) is 8.53. The predicted molar refractivity (Wildman–Crippen MR) is 88.3 cm³/mol. The van der Waals surface area contributed by atoms with Crippen LogP contribution in [0.15, 0.2) is 16.8 Å². The van der Waals surface area contributed by atoms with Crippen molar-refractivity contribution in [2.24, 2.45) is 11.8 Å². The maximum Gasteiger partial charge on any atom is 0.227 e. The smallest absolute Gasteiger partial charge is 0.227 e. The zero-order valence-corrected chi connectivity index (χ0v) is 14.2. The van der Waals surface area contributed by atoms with Crippen LogP contribution in [0.3, 0.4) is 0 Å². The molecular weight excluding hydrogens is 312 g/mol. The molecule has 0 spiro atoms. The number of hydrogen-bond acceptors (Lipinski definition) is 5. The van der Waals surface area contributed by atoms with Crippen LogP contribution in [0.2, 0.25) is 0 Å². The third kappa shape index (κ3) is 3.31. The molecule has 3 aliphatic rings. The number of thiophene rings is 1. The Kier molecular flexibility index (Phi) is 4.66. The van der Waals surface area contributed by atoms with Crippen LogP contribution in [0.1, 0.15) is 12.0 Å². The number of ether oxygens (including phenoxy) is 2. The lowest BCUT2D eigenvalue weighted by Crippen LogP contribution is -2.54. The summed E-state index contributed by atoms with van der Waals surface area (Å²) in [6.45, 7) is 6.33. The van der Waals surface area contributed by atoms with Gasteiger partial charge in [-0.05, 0) is 28.8 Å². The normalized spacial score (nSPS) is 32.0. The summed E-state index contributed by atoms with van der Waals surface area (Å²) in [6.07, 6.45) is 1.25. The molecule has 3 fully saturated rings. The van der Waals surface area contributed by atoms with Crippen molar-refractivity contribution in [2.45, 2.75) is 19.1 Å². The highest BCUT2D eigenvalue weighted by Crippen LogP contribution is 2.35. The Hall–Kier alpha value is -0.950. The molecule has 6 heteroatoms. The summed E-state index contributed by atoms with van der Waals surface area (Å²) in [4.78, 5) is 17.4. The lowest BCUT2D eigenvalue weighted by Gasteiger charge is -2.41. The van der Waals surface area contributed by atoms with E-state index in [0.717, 1.165) is 45.8 Å². The lowest BCUT2D eigenvalue weighted by molar-refractivity contribution is -0.146. The molecule has 23 heavy (non-hydrogen) atoms. The van der Waals surface area contributed by atoms with Gasteiger partial charge in [0.15, 0.2) is 0 Å². The van der Waals surface area contributed by atoms with Crippen molar-refractivity contribution in [3.63, 3.8) is 0 Å². The largest absolute Gasteiger partial charge is 0.378 e. The maximum absolute atomic E-state index is 13.0. The van der Waals surface area contributed by atoms with Gasteiger partial charge in [0.25, 0.3) is 0 Å². The van der Waals surface area contributed by atoms with E-state index in [2.05, 4.69) is 21.7 Å². The zero-order valence-electron chi connectivity index (χ0n) is 13.4. The fraction of sp³-hybridized carbons (Fsp3) is 0.706. The Bertz CT molecular complexity index is 530. The van der Waals surface area contributed by atoms with Crippen LogP contribution in [0.5, 0.6) is 0 Å². The Morgan fingerprint density at radius 2 is 2.13 bits per heavy atom. The Morgan fingerprint density at radius 3 is 2.91 bits per heavy atom. The monoisotopic (exact) mass is 336 g/mol. The van der Waals surface area contributed by atoms with Crippen LogP contribution in [0.4, 0.5) is 0 Å². The summed E-state index contributed by atoms with van der Waals surface area (Å²) in [5.74, 6) is 0.779. The summed E-state index contributed by atoms with van der Waals surface area (Å²) in [7, 11) is 0. The summed E-state index contributed by atoms with van der Waals surface area (Å²) in [5.41, 5.74) is 1.34. The van der Waals surface area contributed by atoms with Gasteiger partial charge in [-0.1, -0.05) is 0 Å². The van der Waals surface area contributed by atoms with E-state index in [1.165, 1.54) is 5.56 Å². The minimum absolute atomic E-state index is 0.0768. The molecule has 0 unspecified atom stereocenters. The number of morpholine rings is 1. The number of fused-ring (bicyclic) bond motifs is 1. The second-order valence-corrected chi connectivity index (χ2v) is 7.51. The van der Waals surface area contributed by atoms with Crippen molar-refractivity contribution in [1.29, 1.82) is 0 Å². The Morgan fingerprint density at radius 1 is 1.26 bits per heavy atom. The van der Waals surface area contributed by atoms with E-state index in [1.54, 1.807) is 11.3 Å². The molecular formula is C17H24N2O3S. The van der Waals surface area contributed by atoms with Gasteiger partial charge in [-0.15, -0.1) is 0 Å². The van der Waals surface area contributed by atoms with E-state index in [4.69, 9.17) is 9.47 Å². The highest BCUT2D eigenvalue weighted by molar-refractivity contribution is 7.07. The number of carbonyl (C=O) groups is 1. The number of rotatable bonds is 3. The average molecular weight is 336 g/mol. The average Bonchev–Trinajstić information content (AvgIpc) is 3.26. The molecule has 5 nitrogen and oxygen atoms in total. The van der Waals surface area contributed by atoms with Crippen molar-refractivity contribution in [3.8, 4) is 0 Å². The number of hydrogen-bond donors (Lipinski definition) is 0. The quantitative estimate of drug-likeness (QED) is 0.838. The first kappa shape index (κ1) is 15.6. The summed E-state index contributed by atoms with van der Waals surface area (Å²) >= 11 is 1.73. The van der Waals surface area contributed by atoms with Gasteiger partial charge in [-0.2, -0.15) is 11.3 Å². The molecule has 1 aromatic heterocycles. The van der Waals surface area contributed by atoms with Crippen LogP contribution >= 0.6 is 11.3 Å². The van der Waals surface area contributed by atoms with Gasteiger partial charge in [0.2, 0.25) is 5.91 Å². The Labute approximate surface area is 141 Å². The number of nitrogens with zero attached hydrogens (tertiary/aromatic N) is 2. The van der Waals surface area contributed by atoms with E-state index in [-0.39, 0.29) is 12.0 Å². The van der Waals surface area contributed by atoms with Gasteiger partial charge >= 0.3 is 0 Å². The maximum atomic E-state index is 13.0. The van der Waals surface area contributed by atoms with Gasteiger partial charge < -0.3 is 14.4 Å². The fourth-order valence-electron chi connectivity index (χ4n) is 4.11. The van der Waals surface area contributed by atoms with E-state index in [1.807, 2.05) is 4.90 Å². The van der Waals surface area contributed by atoms with Crippen LogP contribution in [-0.4, -0.2) is 67.8 Å². The molecule has 0 N–H and O–H groups in total. The SMILES string of the molecule is O=C([C@H]1CN(Cc2ccsc2)C[C@H]2OCC[C@@H]12)N1CCOCC1. The first-order valence-corrected chi connectivity index (χ1v) is 9.47. The van der Waals surface area contributed by atoms with Crippen molar-refractivity contribution >= 4 is 17.2 Å². The van der Waals surface area contributed by atoms with Crippen molar-refractivity contribution in [3.05, 3.63) is 22.4 Å². The van der Waals surface area contributed by atoms with E-state index < -0.39 is 0 Å². The van der Waals surface area contributed by atoms with Crippen molar-refractivity contribution in [2.75, 3.05) is 46.0 Å². The summed E-state index contributed by atoms with van der Waals surface area (Å²) < 4.78 is 11.3. The van der Waals surface area contributed by atoms with Crippen LogP contribution in [0.25, 0.3) is 0 Å². The summed E-state index contributed by atoms with van der Waals surface area (Å²) in [6, 6.07) is 2.17. The molecule has 0 saturated carbocycles. The molecule has 3 aliphatic heterocycles. The molecule has 1 amide bonds. The van der Waals surface area contributed by atoms with Gasteiger partial charge in [-0.25, -0.2) is 0 Å². The van der Waals surface area contributed by atoms with Gasteiger partial charge in [0.1, 0.15) is 0 Å². The molecule has 0 bridgehead atoms. The van der Waals surface area contributed by atoms with Crippen LogP contribution in [0, 0.1) is 11.8 Å². The molecule has 126 valence electrons. The molecule has 0 aliphatic carbocycles. The van der Waals surface area contributed by atoms with Crippen molar-refractivity contribution in [1.82, 2.24) is 9.80 Å². The van der Waals surface area contributed by atoms with Gasteiger partial charge in [0.05, 0.1) is 25.2 Å². The third-order valence-electron chi connectivity index (χ3n) is 5.30. The highest BCUT2D eigenvalue weighted by atomic mass is 32.1. The second-order valence-electron chi connectivity index (χ2n) is 6.73. The number of piperidine rings is 1. The minimum atomic E-state index is 0.0768. The third-order valence-corrected chi connectivity index (χ3v) is 6.03. The predicted octanol–water partition coefficient (Wildman–Crippen LogP) is 1.44. The lowest BCUT2D eigenvalue weighted by atomic mass is 9.81. The highest BCUT2D eigenvalue weighted by Gasteiger charge is 2.45. The second kappa shape index (κ2) is 6.89. The first-order chi connectivity index (χ1) is 11.3. The molecule has 3 saturated heterocycles. The molecule has 0 aromatic carbocycles. The summed E-state index contributed by atoms with van der Waals surface area (Å²) in [5, 5.41) is 4.31. The topological polar surface area (TPSA) is 42.0 Å². The molecule has 3 atom stereocenters. The fourth-order valence-corrected chi connectivity index (χ4v) is 4.77. The molecule has 4 heterocycles. The van der Waals surface area contributed by atoms with Gasteiger partial charge in [0, 0.05) is 45.2 Å². The minimum Gasteiger partial charge on any atom is -0.378 e. The van der Waals surface area contributed by atoms with E-state index >= 15 is 0 Å². The number of likely N-dealkylation sites (tertiary alicyclic amines) is 1.